The van der Waals surface area contributed by atoms with Crippen LogP contribution in [0.5, 0.6) is 5.75 Å². The molecule has 0 amide bonds. The second kappa shape index (κ2) is 4.46. The highest BCUT2D eigenvalue weighted by atomic mass is 16.5. The largest absolute Gasteiger partial charge is 0.504 e. The van der Waals surface area contributed by atoms with Crippen LogP contribution in [0.15, 0.2) is 24.3 Å². The Kier molecular flexibility index (Phi) is 2.80. The first-order valence-electron chi connectivity index (χ1n) is 6.18. The Morgan fingerprint density at radius 1 is 1.17 bits per heavy atom. The number of ether oxygens (including phenoxy) is 1. The lowest BCUT2D eigenvalue weighted by Crippen LogP contribution is -2.36. The molecule has 0 unspecified atom stereocenters. The Balaban J connectivity index is 2.09. The molecule has 1 aromatic carbocycles. The minimum Gasteiger partial charge on any atom is -0.504 e. The van der Waals surface area contributed by atoms with E-state index in [1.807, 2.05) is 31.2 Å². The average Bonchev–Trinajstić information content (AvgIpc) is 2.41. The smallest absolute Gasteiger partial charge is 0.165 e. The number of benzene rings is 1. The van der Waals surface area contributed by atoms with Gasteiger partial charge in [0, 0.05) is 24.2 Å². The molecule has 1 N–H and O–H groups in total. The summed E-state index contributed by atoms with van der Waals surface area (Å²) in [5, 5.41) is 11.3. The fourth-order valence-electron chi connectivity index (χ4n) is 2.32. The van der Waals surface area contributed by atoms with Crippen molar-refractivity contribution in [1.29, 1.82) is 0 Å². The van der Waals surface area contributed by atoms with Crippen molar-refractivity contribution in [2.45, 2.75) is 6.92 Å². The lowest BCUT2D eigenvalue weighted by molar-refractivity contribution is 0.122. The van der Waals surface area contributed by atoms with Crippen molar-refractivity contribution in [3.8, 4) is 5.75 Å². The molecular formula is C14H16N2O2. The van der Waals surface area contributed by atoms with E-state index < -0.39 is 0 Å². The predicted molar refractivity (Wildman–Crippen MR) is 71.2 cm³/mol. The number of phenols is 1. The van der Waals surface area contributed by atoms with E-state index >= 15 is 0 Å². The summed E-state index contributed by atoms with van der Waals surface area (Å²) in [5.74, 6) is 0.276. The van der Waals surface area contributed by atoms with Gasteiger partial charge in [0.2, 0.25) is 0 Å². The van der Waals surface area contributed by atoms with Gasteiger partial charge in [-0.1, -0.05) is 12.1 Å². The molecule has 94 valence electrons. The number of pyridine rings is 1. The lowest BCUT2D eigenvalue weighted by Gasteiger charge is -2.29. The summed E-state index contributed by atoms with van der Waals surface area (Å²) in [6.45, 7) is 4.97. The number of hydrogen-bond donors (Lipinski definition) is 1. The molecule has 1 saturated heterocycles. The number of aromatic hydroxyl groups is 1. The highest BCUT2D eigenvalue weighted by Gasteiger charge is 2.16. The second-order valence-corrected chi connectivity index (χ2v) is 4.56. The number of phenolic OH excluding ortho intramolecular Hbond substituents is 1. The molecule has 0 bridgehead atoms. The van der Waals surface area contributed by atoms with Gasteiger partial charge in [0.15, 0.2) is 5.75 Å². The van der Waals surface area contributed by atoms with Crippen LogP contribution < -0.4 is 4.90 Å². The molecule has 1 aliphatic heterocycles. The van der Waals surface area contributed by atoms with Gasteiger partial charge in [-0.15, -0.1) is 0 Å². The van der Waals surface area contributed by atoms with Crippen LogP contribution in [0.25, 0.3) is 10.9 Å². The summed E-state index contributed by atoms with van der Waals surface area (Å²) in [7, 11) is 0. The van der Waals surface area contributed by atoms with E-state index in [2.05, 4.69) is 9.88 Å². The summed E-state index contributed by atoms with van der Waals surface area (Å²) < 4.78 is 5.33. The zero-order chi connectivity index (χ0) is 12.5. The topological polar surface area (TPSA) is 45.6 Å². The van der Waals surface area contributed by atoms with Crippen LogP contribution in [0.3, 0.4) is 0 Å². The van der Waals surface area contributed by atoms with Gasteiger partial charge < -0.3 is 14.7 Å². The molecule has 4 nitrogen and oxygen atoms in total. The normalized spacial score (nSPS) is 16.2. The maximum Gasteiger partial charge on any atom is 0.165 e. The monoisotopic (exact) mass is 244 g/mol. The van der Waals surface area contributed by atoms with Crippen LogP contribution in [0.1, 0.15) is 5.69 Å². The first kappa shape index (κ1) is 11.3. The van der Waals surface area contributed by atoms with E-state index in [0.717, 1.165) is 29.9 Å². The van der Waals surface area contributed by atoms with Crippen molar-refractivity contribution in [2.24, 2.45) is 0 Å². The van der Waals surface area contributed by atoms with E-state index in [1.165, 1.54) is 0 Å². The Labute approximate surface area is 106 Å². The first-order valence-corrected chi connectivity index (χ1v) is 6.18. The SMILES string of the molecule is Cc1ccc2ccc(N3CCOCC3)c(O)c2n1. The van der Waals surface area contributed by atoms with Gasteiger partial charge >= 0.3 is 0 Å². The van der Waals surface area contributed by atoms with E-state index in [9.17, 15) is 5.11 Å². The average molecular weight is 244 g/mol. The maximum absolute atomic E-state index is 10.4. The number of anilines is 1. The molecule has 1 aromatic heterocycles. The zero-order valence-electron chi connectivity index (χ0n) is 10.4. The molecule has 0 aliphatic carbocycles. The summed E-state index contributed by atoms with van der Waals surface area (Å²) in [6.07, 6.45) is 0. The van der Waals surface area contributed by atoms with Crippen molar-refractivity contribution in [3.63, 3.8) is 0 Å². The first-order chi connectivity index (χ1) is 8.75. The quantitative estimate of drug-likeness (QED) is 0.834. The highest BCUT2D eigenvalue weighted by Crippen LogP contribution is 2.34. The van der Waals surface area contributed by atoms with Crippen molar-refractivity contribution in [3.05, 3.63) is 30.0 Å². The maximum atomic E-state index is 10.4. The molecule has 3 rings (SSSR count). The zero-order valence-corrected chi connectivity index (χ0v) is 10.4. The summed E-state index contributed by atoms with van der Waals surface area (Å²) in [6, 6.07) is 7.91. The number of morpholine rings is 1. The molecule has 2 heterocycles. The van der Waals surface area contributed by atoms with E-state index in [4.69, 9.17) is 4.74 Å². The minimum atomic E-state index is 0.276. The Bertz CT molecular complexity index is 577. The van der Waals surface area contributed by atoms with Gasteiger partial charge in [0.25, 0.3) is 0 Å². The van der Waals surface area contributed by atoms with Gasteiger partial charge in [-0.25, -0.2) is 4.98 Å². The molecule has 2 aromatic rings. The molecule has 0 spiro atoms. The van der Waals surface area contributed by atoms with Gasteiger partial charge in [-0.3, -0.25) is 0 Å². The van der Waals surface area contributed by atoms with Crippen LogP contribution in [0.4, 0.5) is 5.69 Å². The number of aryl methyl sites for hydroxylation is 1. The van der Waals surface area contributed by atoms with Gasteiger partial charge in [-0.05, 0) is 19.1 Å². The Hall–Kier alpha value is -1.81. The van der Waals surface area contributed by atoms with Crippen molar-refractivity contribution in [1.82, 2.24) is 4.98 Å². The fraction of sp³-hybridized carbons (Fsp3) is 0.357. The van der Waals surface area contributed by atoms with Crippen LogP contribution in [-0.4, -0.2) is 36.4 Å². The molecule has 1 fully saturated rings. The number of rotatable bonds is 1. The molecule has 4 heteroatoms. The summed E-state index contributed by atoms with van der Waals surface area (Å²) >= 11 is 0. The van der Waals surface area contributed by atoms with Crippen LogP contribution in [-0.2, 0) is 4.74 Å². The van der Waals surface area contributed by atoms with Crippen LogP contribution in [0, 0.1) is 6.92 Å². The third-order valence-electron chi connectivity index (χ3n) is 3.31. The third-order valence-corrected chi connectivity index (χ3v) is 3.31. The molecule has 0 saturated carbocycles. The Morgan fingerprint density at radius 2 is 1.89 bits per heavy atom. The fourth-order valence-corrected chi connectivity index (χ4v) is 2.32. The molecule has 18 heavy (non-hydrogen) atoms. The lowest BCUT2D eigenvalue weighted by atomic mass is 10.1. The molecule has 1 aliphatic rings. The van der Waals surface area contributed by atoms with Crippen molar-refractivity contribution >= 4 is 16.6 Å². The predicted octanol–water partition coefficient (Wildman–Crippen LogP) is 2.09. The standard InChI is InChI=1S/C14H16N2O2/c1-10-2-3-11-4-5-12(14(17)13(11)15-10)16-6-8-18-9-7-16/h2-5,17H,6-9H2,1H3. The highest BCUT2D eigenvalue weighted by molar-refractivity contribution is 5.90. The van der Waals surface area contributed by atoms with Gasteiger partial charge in [0.1, 0.15) is 5.52 Å². The van der Waals surface area contributed by atoms with Crippen LogP contribution in [0.2, 0.25) is 0 Å². The van der Waals surface area contributed by atoms with Crippen molar-refractivity contribution < 1.29 is 9.84 Å². The van der Waals surface area contributed by atoms with Gasteiger partial charge in [0.05, 0.1) is 18.9 Å². The van der Waals surface area contributed by atoms with Crippen molar-refractivity contribution in [2.75, 3.05) is 31.2 Å². The summed E-state index contributed by atoms with van der Waals surface area (Å²) in [5.41, 5.74) is 2.44. The summed E-state index contributed by atoms with van der Waals surface area (Å²) in [4.78, 5) is 6.56. The number of fused-ring (bicyclic) bond motifs is 1. The van der Waals surface area contributed by atoms with Gasteiger partial charge in [-0.2, -0.15) is 0 Å². The molecule has 0 radical (unpaired) electrons. The van der Waals surface area contributed by atoms with E-state index in [-0.39, 0.29) is 5.75 Å². The van der Waals surface area contributed by atoms with E-state index in [0.29, 0.717) is 18.7 Å². The third kappa shape index (κ3) is 1.88. The number of nitrogens with zero attached hydrogens (tertiary/aromatic N) is 2. The Morgan fingerprint density at radius 3 is 2.67 bits per heavy atom. The van der Waals surface area contributed by atoms with Crippen LogP contribution >= 0.6 is 0 Å². The minimum absolute atomic E-state index is 0.276. The number of hydrogen-bond acceptors (Lipinski definition) is 4. The second-order valence-electron chi connectivity index (χ2n) is 4.56. The number of aromatic nitrogens is 1. The molecule has 0 atom stereocenters. The van der Waals surface area contributed by atoms with E-state index in [1.54, 1.807) is 0 Å². The molecular weight excluding hydrogens is 228 g/mol.